The molecule has 0 saturated carbocycles. The van der Waals surface area contributed by atoms with E-state index < -0.39 is 0 Å². The minimum absolute atomic E-state index is 0.0229. The number of ether oxygens (including phenoxy) is 5. The van der Waals surface area contributed by atoms with Crippen molar-refractivity contribution in [3.8, 4) is 34.5 Å². The van der Waals surface area contributed by atoms with Gasteiger partial charge < -0.3 is 28.8 Å². The highest BCUT2D eigenvalue weighted by molar-refractivity contribution is 5.62. The zero-order valence-electron chi connectivity index (χ0n) is 17.2. The first-order valence-corrected chi connectivity index (χ1v) is 8.96. The standard InChI is InChI=1S/C22H28O6/c1-7-8-15-10-19(26-5)22(20(11-15)27-6)28-14(2)9-16-12-17(24-3)21(23)18(13-16)25-4/h7-8,10-14,23H,9H2,1-6H3/t14-/m1/s1. The molecule has 0 bridgehead atoms. The molecule has 152 valence electrons. The van der Waals surface area contributed by atoms with E-state index in [1.165, 1.54) is 14.2 Å². The van der Waals surface area contributed by atoms with Gasteiger partial charge in [0, 0.05) is 6.42 Å². The predicted molar refractivity (Wildman–Crippen MR) is 109 cm³/mol. The van der Waals surface area contributed by atoms with Crippen molar-refractivity contribution < 1.29 is 28.8 Å². The molecule has 0 heterocycles. The van der Waals surface area contributed by atoms with Crippen LogP contribution in [0.15, 0.2) is 30.3 Å². The fourth-order valence-corrected chi connectivity index (χ4v) is 2.95. The Bertz CT molecular complexity index is 778. The van der Waals surface area contributed by atoms with Crippen LogP contribution in [-0.2, 0) is 6.42 Å². The quantitative estimate of drug-likeness (QED) is 0.684. The number of aromatic hydroxyl groups is 1. The monoisotopic (exact) mass is 388 g/mol. The number of phenolic OH excluding ortho intramolecular Hbond substituents is 1. The molecular formula is C22H28O6. The number of hydrogen-bond acceptors (Lipinski definition) is 6. The van der Waals surface area contributed by atoms with Gasteiger partial charge in [0.1, 0.15) is 6.10 Å². The zero-order chi connectivity index (χ0) is 20.7. The van der Waals surface area contributed by atoms with Gasteiger partial charge in [-0.1, -0.05) is 12.2 Å². The second-order valence-corrected chi connectivity index (χ2v) is 6.24. The molecule has 0 fully saturated rings. The average Bonchev–Trinajstić information content (AvgIpc) is 2.69. The van der Waals surface area contributed by atoms with Crippen molar-refractivity contribution in [1.29, 1.82) is 0 Å². The highest BCUT2D eigenvalue weighted by Crippen LogP contribution is 2.41. The van der Waals surface area contributed by atoms with Crippen molar-refractivity contribution in [1.82, 2.24) is 0 Å². The van der Waals surface area contributed by atoms with Crippen molar-refractivity contribution >= 4 is 6.08 Å². The van der Waals surface area contributed by atoms with E-state index in [0.717, 1.165) is 11.1 Å². The smallest absolute Gasteiger partial charge is 0.203 e. The fraction of sp³-hybridized carbons (Fsp3) is 0.364. The largest absolute Gasteiger partial charge is 0.502 e. The summed E-state index contributed by atoms with van der Waals surface area (Å²) in [6.45, 7) is 3.90. The maximum atomic E-state index is 10.1. The molecule has 0 aliphatic carbocycles. The molecule has 2 aromatic rings. The lowest BCUT2D eigenvalue weighted by Gasteiger charge is -2.20. The molecule has 2 aromatic carbocycles. The molecule has 6 heteroatoms. The van der Waals surface area contributed by atoms with Gasteiger partial charge in [0.25, 0.3) is 0 Å². The van der Waals surface area contributed by atoms with Crippen molar-refractivity contribution in [2.45, 2.75) is 26.4 Å². The van der Waals surface area contributed by atoms with E-state index in [9.17, 15) is 5.11 Å². The van der Waals surface area contributed by atoms with E-state index in [-0.39, 0.29) is 11.9 Å². The Morgan fingerprint density at radius 2 is 1.36 bits per heavy atom. The lowest BCUT2D eigenvalue weighted by molar-refractivity contribution is 0.201. The third kappa shape index (κ3) is 4.82. The topological polar surface area (TPSA) is 66.4 Å². The Balaban J connectivity index is 2.29. The van der Waals surface area contributed by atoms with E-state index in [0.29, 0.717) is 35.2 Å². The van der Waals surface area contributed by atoms with Crippen LogP contribution >= 0.6 is 0 Å². The van der Waals surface area contributed by atoms with Gasteiger partial charge in [-0.05, 0) is 49.2 Å². The van der Waals surface area contributed by atoms with Gasteiger partial charge in [-0.15, -0.1) is 0 Å². The van der Waals surface area contributed by atoms with E-state index in [1.54, 1.807) is 26.4 Å². The third-order valence-electron chi connectivity index (χ3n) is 4.22. The zero-order valence-corrected chi connectivity index (χ0v) is 17.2. The summed E-state index contributed by atoms with van der Waals surface area (Å²) in [5.41, 5.74) is 1.87. The summed E-state index contributed by atoms with van der Waals surface area (Å²) in [5.74, 6) is 2.42. The predicted octanol–water partition coefficient (Wildman–Crippen LogP) is 4.47. The maximum Gasteiger partial charge on any atom is 0.203 e. The van der Waals surface area contributed by atoms with Gasteiger partial charge in [-0.25, -0.2) is 0 Å². The molecule has 2 rings (SSSR count). The Morgan fingerprint density at radius 1 is 0.857 bits per heavy atom. The van der Waals surface area contributed by atoms with Crippen LogP contribution in [-0.4, -0.2) is 39.6 Å². The average molecular weight is 388 g/mol. The van der Waals surface area contributed by atoms with Crippen LogP contribution in [0, 0.1) is 0 Å². The number of benzene rings is 2. The van der Waals surface area contributed by atoms with Gasteiger partial charge in [0.15, 0.2) is 23.0 Å². The Hall–Kier alpha value is -3.02. The Morgan fingerprint density at radius 3 is 1.79 bits per heavy atom. The molecule has 6 nitrogen and oxygen atoms in total. The minimum atomic E-state index is -0.200. The molecule has 28 heavy (non-hydrogen) atoms. The highest BCUT2D eigenvalue weighted by atomic mass is 16.5. The summed E-state index contributed by atoms with van der Waals surface area (Å²) < 4.78 is 27.6. The molecule has 0 saturated heterocycles. The summed E-state index contributed by atoms with van der Waals surface area (Å²) in [6, 6.07) is 7.33. The van der Waals surface area contributed by atoms with Crippen LogP contribution < -0.4 is 23.7 Å². The van der Waals surface area contributed by atoms with Crippen LogP contribution in [0.4, 0.5) is 0 Å². The molecule has 0 aliphatic heterocycles. The first kappa shape index (κ1) is 21.3. The van der Waals surface area contributed by atoms with Crippen LogP contribution in [0.1, 0.15) is 25.0 Å². The van der Waals surface area contributed by atoms with E-state index >= 15 is 0 Å². The van der Waals surface area contributed by atoms with Crippen molar-refractivity contribution in [3.05, 3.63) is 41.5 Å². The summed E-state index contributed by atoms with van der Waals surface area (Å²) >= 11 is 0. The maximum absolute atomic E-state index is 10.1. The number of phenols is 1. The van der Waals surface area contributed by atoms with Crippen molar-refractivity contribution in [3.63, 3.8) is 0 Å². The second kappa shape index (κ2) is 9.78. The van der Waals surface area contributed by atoms with Crippen molar-refractivity contribution in [2.24, 2.45) is 0 Å². The molecule has 0 radical (unpaired) electrons. The summed E-state index contributed by atoms with van der Waals surface area (Å²) in [6.07, 6.45) is 4.28. The van der Waals surface area contributed by atoms with Gasteiger partial charge in [-0.3, -0.25) is 0 Å². The van der Waals surface area contributed by atoms with Crippen LogP contribution in [0.3, 0.4) is 0 Å². The molecule has 0 aliphatic rings. The number of rotatable bonds is 9. The van der Waals surface area contributed by atoms with Crippen LogP contribution in [0.25, 0.3) is 6.08 Å². The number of allylic oxidation sites excluding steroid dienone is 1. The molecule has 1 N–H and O–H groups in total. The highest BCUT2D eigenvalue weighted by Gasteiger charge is 2.18. The lowest BCUT2D eigenvalue weighted by atomic mass is 10.1. The first-order chi connectivity index (χ1) is 13.5. The van der Waals surface area contributed by atoms with Gasteiger partial charge in [0.2, 0.25) is 11.5 Å². The van der Waals surface area contributed by atoms with E-state index in [1.807, 2.05) is 38.1 Å². The molecule has 1 atom stereocenters. The Kier molecular flexibility index (Phi) is 7.44. The number of hydrogen-bond donors (Lipinski definition) is 1. The normalized spacial score (nSPS) is 11.9. The van der Waals surface area contributed by atoms with Crippen LogP contribution in [0.2, 0.25) is 0 Å². The summed E-state index contributed by atoms with van der Waals surface area (Å²) in [4.78, 5) is 0. The SMILES string of the molecule is CC=Cc1cc(OC)c(O[C@H](C)Cc2cc(OC)c(O)c(OC)c2)c(OC)c1. The lowest BCUT2D eigenvalue weighted by Crippen LogP contribution is -2.16. The minimum Gasteiger partial charge on any atom is -0.502 e. The number of methoxy groups -OCH3 is 4. The molecule has 0 amide bonds. The molecule has 0 spiro atoms. The summed E-state index contributed by atoms with van der Waals surface area (Å²) in [7, 11) is 6.20. The second-order valence-electron chi connectivity index (χ2n) is 6.24. The van der Waals surface area contributed by atoms with Crippen LogP contribution in [0.5, 0.6) is 34.5 Å². The van der Waals surface area contributed by atoms with Gasteiger partial charge in [0.05, 0.1) is 28.4 Å². The van der Waals surface area contributed by atoms with Gasteiger partial charge in [-0.2, -0.15) is 0 Å². The van der Waals surface area contributed by atoms with Gasteiger partial charge >= 0.3 is 0 Å². The Labute approximate surface area is 166 Å². The third-order valence-corrected chi connectivity index (χ3v) is 4.22. The molecule has 0 unspecified atom stereocenters. The summed E-state index contributed by atoms with van der Waals surface area (Å²) in [5, 5.41) is 10.1. The van der Waals surface area contributed by atoms with Crippen molar-refractivity contribution in [2.75, 3.05) is 28.4 Å². The van der Waals surface area contributed by atoms with E-state index in [2.05, 4.69) is 0 Å². The first-order valence-electron chi connectivity index (χ1n) is 8.96. The molecular weight excluding hydrogens is 360 g/mol. The fourth-order valence-electron chi connectivity index (χ4n) is 2.95. The van der Waals surface area contributed by atoms with E-state index in [4.69, 9.17) is 23.7 Å². The molecule has 0 aromatic heterocycles.